The van der Waals surface area contributed by atoms with Gasteiger partial charge in [-0.15, -0.1) is 0 Å². The molecule has 1 rings (SSSR count). The fourth-order valence-corrected chi connectivity index (χ4v) is 2.89. The predicted octanol–water partition coefficient (Wildman–Crippen LogP) is 1.94. The van der Waals surface area contributed by atoms with Crippen LogP contribution in [-0.4, -0.2) is 27.0 Å². The van der Waals surface area contributed by atoms with Crippen LogP contribution in [0.5, 0.6) is 0 Å². The van der Waals surface area contributed by atoms with Gasteiger partial charge in [-0.05, 0) is 26.7 Å². The fourth-order valence-electron chi connectivity index (χ4n) is 2.89. The number of carbonyl (C=O) groups excluding carboxylic acids is 1. The Morgan fingerprint density at radius 2 is 2.12 bits per heavy atom. The van der Waals surface area contributed by atoms with Crippen molar-refractivity contribution in [2.24, 2.45) is 5.92 Å². The van der Waals surface area contributed by atoms with Crippen molar-refractivity contribution in [1.82, 2.24) is 0 Å². The van der Waals surface area contributed by atoms with E-state index in [2.05, 4.69) is 0 Å². The average molecular weight is 243 g/mol. The number of hydrogen-bond acceptors (Lipinski definition) is 4. The second-order valence-corrected chi connectivity index (χ2v) is 5.46. The lowest BCUT2D eigenvalue weighted by Gasteiger charge is -2.41. The van der Waals surface area contributed by atoms with Crippen molar-refractivity contribution in [3.05, 3.63) is 10.1 Å². The predicted molar refractivity (Wildman–Crippen MR) is 63.3 cm³/mol. The van der Waals surface area contributed by atoms with Crippen LogP contribution >= 0.6 is 0 Å². The van der Waals surface area contributed by atoms with E-state index in [0.717, 1.165) is 0 Å². The molecular formula is C12H21NO4. The second kappa shape index (κ2) is 4.72. The van der Waals surface area contributed by atoms with Gasteiger partial charge in [-0.1, -0.05) is 6.92 Å². The maximum atomic E-state index is 11.5. The molecular weight excluding hydrogens is 222 g/mol. The van der Waals surface area contributed by atoms with Crippen LogP contribution in [0.1, 0.15) is 52.9 Å². The van der Waals surface area contributed by atoms with Crippen LogP contribution in [0.4, 0.5) is 0 Å². The van der Waals surface area contributed by atoms with Crippen LogP contribution in [0.25, 0.3) is 0 Å². The molecule has 0 saturated heterocycles. The summed E-state index contributed by atoms with van der Waals surface area (Å²) in [4.78, 5) is 22.6. The summed E-state index contributed by atoms with van der Waals surface area (Å²) in [7, 11) is 0. The van der Waals surface area contributed by atoms with E-state index >= 15 is 0 Å². The van der Waals surface area contributed by atoms with Crippen molar-refractivity contribution < 1.29 is 14.8 Å². The van der Waals surface area contributed by atoms with E-state index in [0.29, 0.717) is 25.7 Å². The first-order valence-corrected chi connectivity index (χ1v) is 6.12. The Morgan fingerprint density at radius 1 is 1.53 bits per heavy atom. The summed E-state index contributed by atoms with van der Waals surface area (Å²) in [6.45, 7) is 4.91. The molecule has 0 radical (unpaired) electrons. The number of nitrogens with zero attached hydrogens (tertiary/aromatic N) is 1. The Hall–Kier alpha value is -0.970. The van der Waals surface area contributed by atoms with Gasteiger partial charge in [-0.2, -0.15) is 0 Å². The minimum atomic E-state index is -1.10. The van der Waals surface area contributed by atoms with E-state index in [1.807, 2.05) is 6.92 Å². The topological polar surface area (TPSA) is 80.4 Å². The Balaban J connectivity index is 3.00. The Bertz CT molecular complexity index is 326. The van der Waals surface area contributed by atoms with Crippen LogP contribution in [-0.2, 0) is 4.79 Å². The number of aliphatic hydroxyl groups is 1. The molecule has 1 aliphatic rings. The van der Waals surface area contributed by atoms with Crippen molar-refractivity contribution in [2.45, 2.75) is 64.0 Å². The monoisotopic (exact) mass is 243 g/mol. The lowest BCUT2D eigenvalue weighted by atomic mass is 9.65. The average Bonchev–Trinajstić information content (AvgIpc) is 2.20. The van der Waals surface area contributed by atoms with E-state index in [1.54, 1.807) is 6.92 Å². The van der Waals surface area contributed by atoms with Gasteiger partial charge in [0.15, 0.2) is 0 Å². The molecule has 0 aromatic rings. The molecule has 0 unspecified atom stereocenters. The van der Waals surface area contributed by atoms with E-state index < -0.39 is 17.1 Å². The quantitative estimate of drug-likeness (QED) is 0.604. The summed E-state index contributed by atoms with van der Waals surface area (Å²) >= 11 is 0. The third-order valence-electron chi connectivity index (χ3n) is 4.02. The van der Waals surface area contributed by atoms with Gasteiger partial charge in [0.1, 0.15) is 5.78 Å². The number of hydrogen-bond donors (Lipinski definition) is 1. The first-order valence-electron chi connectivity index (χ1n) is 6.12. The molecule has 0 heterocycles. The van der Waals surface area contributed by atoms with Gasteiger partial charge in [-0.25, -0.2) is 0 Å². The van der Waals surface area contributed by atoms with Gasteiger partial charge in [0.05, 0.1) is 11.5 Å². The highest BCUT2D eigenvalue weighted by Crippen LogP contribution is 2.43. The molecule has 5 nitrogen and oxygen atoms in total. The van der Waals surface area contributed by atoms with Gasteiger partial charge in [-0.3, -0.25) is 14.9 Å². The van der Waals surface area contributed by atoms with Crippen LogP contribution in [0.15, 0.2) is 0 Å². The molecule has 98 valence electrons. The number of rotatable bonds is 4. The highest BCUT2D eigenvalue weighted by Gasteiger charge is 2.54. The molecule has 5 heteroatoms. The Labute approximate surface area is 101 Å². The lowest BCUT2D eigenvalue weighted by molar-refractivity contribution is -0.579. The van der Waals surface area contributed by atoms with Gasteiger partial charge in [0.25, 0.3) is 0 Å². The van der Waals surface area contributed by atoms with Crippen molar-refractivity contribution in [3.63, 3.8) is 0 Å². The molecule has 1 fully saturated rings. The standard InChI is InChI=1S/C12H21NO4/c1-4-5-12(13(16)17)7-6-11(3,15)10(8-12)9(2)14/h10,15H,4-8H2,1-3H3/t10-,11+,12-/m0/s1. The summed E-state index contributed by atoms with van der Waals surface area (Å²) in [5.74, 6) is -0.773. The summed E-state index contributed by atoms with van der Waals surface area (Å²) < 4.78 is 0. The molecule has 1 N–H and O–H groups in total. The number of ketones is 1. The molecule has 17 heavy (non-hydrogen) atoms. The molecule has 3 atom stereocenters. The summed E-state index contributed by atoms with van der Waals surface area (Å²) in [5.41, 5.74) is -2.12. The second-order valence-electron chi connectivity index (χ2n) is 5.46. The zero-order valence-corrected chi connectivity index (χ0v) is 10.7. The molecule has 0 amide bonds. The minimum absolute atomic E-state index is 0.156. The van der Waals surface area contributed by atoms with E-state index in [1.165, 1.54) is 6.92 Å². The van der Waals surface area contributed by atoms with Crippen LogP contribution in [0, 0.1) is 16.0 Å². The van der Waals surface area contributed by atoms with Crippen LogP contribution in [0.2, 0.25) is 0 Å². The number of carbonyl (C=O) groups is 1. The molecule has 0 aliphatic heterocycles. The molecule has 0 bridgehead atoms. The Morgan fingerprint density at radius 3 is 2.53 bits per heavy atom. The summed E-state index contributed by atoms with van der Waals surface area (Å²) in [5, 5.41) is 21.4. The molecule has 0 aromatic heterocycles. The van der Waals surface area contributed by atoms with E-state index in [-0.39, 0.29) is 17.1 Å². The number of nitro groups is 1. The minimum Gasteiger partial charge on any atom is -0.389 e. The van der Waals surface area contributed by atoms with Crippen LogP contribution in [0.3, 0.4) is 0 Å². The molecule has 0 spiro atoms. The zero-order valence-electron chi connectivity index (χ0n) is 10.7. The van der Waals surface area contributed by atoms with Crippen molar-refractivity contribution in [1.29, 1.82) is 0 Å². The van der Waals surface area contributed by atoms with Crippen molar-refractivity contribution in [2.75, 3.05) is 0 Å². The lowest BCUT2D eigenvalue weighted by Crippen LogP contribution is -2.53. The maximum absolute atomic E-state index is 11.5. The van der Waals surface area contributed by atoms with Gasteiger partial charge in [0.2, 0.25) is 5.54 Å². The smallest absolute Gasteiger partial charge is 0.223 e. The highest BCUT2D eigenvalue weighted by molar-refractivity contribution is 5.79. The fraction of sp³-hybridized carbons (Fsp3) is 0.917. The molecule has 1 aliphatic carbocycles. The largest absolute Gasteiger partial charge is 0.389 e. The molecule has 1 saturated carbocycles. The normalized spacial score (nSPS) is 37.8. The van der Waals surface area contributed by atoms with Crippen molar-refractivity contribution in [3.8, 4) is 0 Å². The summed E-state index contributed by atoms with van der Waals surface area (Å²) in [6, 6.07) is 0. The SMILES string of the molecule is CCC[C@]1([N+](=O)[O-])CC[C@@](C)(O)[C@H](C(C)=O)C1. The van der Waals surface area contributed by atoms with E-state index in [4.69, 9.17) is 0 Å². The zero-order chi connectivity index (χ0) is 13.3. The third-order valence-corrected chi connectivity index (χ3v) is 4.02. The third kappa shape index (κ3) is 2.65. The highest BCUT2D eigenvalue weighted by atomic mass is 16.6. The molecule has 0 aromatic carbocycles. The summed E-state index contributed by atoms with van der Waals surface area (Å²) in [6.07, 6.45) is 2.02. The Kier molecular flexibility index (Phi) is 3.91. The van der Waals surface area contributed by atoms with Crippen molar-refractivity contribution >= 4 is 5.78 Å². The van der Waals surface area contributed by atoms with Gasteiger partial charge in [0, 0.05) is 24.2 Å². The van der Waals surface area contributed by atoms with Gasteiger partial charge < -0.3 is 5.11 Å². The first-order chi connectivity index (χ1) is 7.75. The first kappa shape index (κ1) is 14.1. The van der Waals surface area contributed by atoms with Gasteiger partial charge >= 0.3 is 0 Å². The van der Waals surface area contributed by atoms with E-state index in [9.17, 15) is 20.0 Å². The maximum Gasteiger partial charge on any atom is 0.223 e. The van der Waals surface area contributed by atoms with Crippen LogP contribution < -0.4 is 0 Å². The number of Topliss-reactive ketones (excluding diaryl/α,β-unsaturated/α-hetero) is 1.